The van der Waals surface area contributed by atoms with Gasteiger partial charge >= 0.3 is 0 Å². The van der Waals surface area contributed by atoms with Gasteiger partial charge in [-0.1, -0.05) is 6.92 Å². The van der Waals surface area contributed by atoms with Crippen LogP contribution < -0.4 is 5.32 Å². The molecule has 5 heteroatoms. The lowest BCUT2D eigenvalue weighted by Gasteiger charge is -2.30. The molecule has 0 spiro atoms. The summed E-state index contributed by atoms with van der Waals surface area (Å²) in [4.78, 5) is 13.4. The van der Waals surface area contributed by atoms with E-state index in [1.165, 1.54) is 0 Å². The lowest BCUT2D eigenvalue weighted by Crippen LogP contribution is -2.45. The third-order valence-corrected chi connectivity index (χ3v) is 2.86. The third-order valence-electron chi connectivity index (χ3n) is 2.86. The van der Waals surface area contributed by atoms with Crippen LogP contribution in [-0.4, -0.2) is 56.0 Å². The summed E-state index contributed by atoms with van der Waals surface area (Å²) in [6.07, 6.45) is 1.14. The summed E-state index contributed by atoms with van der Waals surface area (Å²) < 4.78 is 10.8. The molecule has 15 heavy (non-hydrogen) atoms. The second-order valence-electron chi connectivity index (χ2n) is 3.92. The van der Waals surface area contributed by atoms with Gasteiger partial charge in [0.2, 0.25) is 5.91 Å². The molecule has 0 aromatic carbocycles. The van der Waals surface area contributed by atoms with E-state index >= 15 is 0 Å². The maximum atomic E-state index is 11.6. The number of rotatable bonds is 3. The molecule has 2 aliphatic rings. The maximum absolute atomic E-state index is 11.6. The summed E-state index contributed by atoms with van der Waals surface area (Å²) in [5.41, 5.74) is 0. The second kappa shape index (κ2) is 4.92. The fourth-order valence-electron chi connectivity index (χ4n) is 2.05. The van der Waals surface area contributed by atoms with E-state index in [1.54, 1.807) is 0 Å². The zero-order valence-electron chi connectivity index (χ0n) is 9.07. The van der Waals surface area contributed by atoms with Crippen molar-refractivity contribution in [3.05, 3.63) is 0 Å². The van der Waals surface area contributed by atoms with Crippen LogP contribution in [0.25, 0.3) is 0 Å². The highest BCUT2D eigenvalue weighted by Gasteiger charge is 2.31. The molecule has 2 rings (SSSR count). The predicted octanol–water partition coefficient (Wildman–Crippen LogP) is -0.430. The van der Waals surface area contributed by atoms with Crippen LogP contribution in [-0.2, 0) is 14.3 Å². The van der Waals surface area contributed by atoms with Gasteiger partial charge in [0, 0.05) is 0 Å². The first-order valence-corrected chi connectivity index (χ1v) is 5.53. The van der Waals surface area contributed by atoms with Crippen LogP contribution in [0, 0.1) is 0 Å². The monoisotopic (exact) mass is 214 g/mol. The summed E-state index contributed by atoms with van der Waals surface area (Å²) in [6, 6.07) is 0. The Morgan fingerprint density at radius 3 is 3.07 bits per heavy atom. The number of amides is 1. The molecule has 2 unspecified atom stereocenters. The number of nitrogens with one attached hydrogen (secondary N) is 1. The zero-order chi connectivity index (χ0) is 10.7. The van der Waals surface area contributed by atoms with Gasteiger partial charge in [0.25, 0.3) is 0 Å². The van der Waals surface area contributed by atoms with Crippen LogP contribution >= 0.6 is 0 Å². The minimum Gasteiger partial charge on any atom is -0.376 e. The number of nitrogens with zero attached hydrogens (tertiary/aromatic N) is 1. The van der Waals surface area contributed by atoms with E-state index in [-0.39, 0.29) is 18.2 Å². The van der Waals surface area contributed by atoms with Crippen molar-refractivity contribution in [2.45, 2.75) is 25.6 Å². The molecule has 0 aromatic heterocycles. The van der Waals surface area contributed by atoms with E-state index in [4.69, 9.17) is 9.47 Å². The van der Waals surface area contributed by atoms with Crippen LogP contribution in [0.15, 0.2) is 0 Å². The highest BCUT2D eigenvalue weighted by Crippen LogP contribution is 2.11. The Morgan fingerprint density at radius 2 is 2.40 bits per heavy atom. The van der Waals surface area contributed by atoms with Crippen LogP contribution in [0.4, 0.5) is 0 Å². The largest absolute Gasteiger partial charge is 0.376 e. The van der Waals surface area contributed by atoms with Crippen LogP contribution in [0.2, 0.25) is 0 Å². The molecule has 2 saturated heterocycles. The smallest absolute Gasteiger partial charge is 0.237 e. The van der Waals surface area contributed by atoms with Crippen molar-refractivity contribution in [3.63, 3.8) is 0 Å². The Labute approximate surface area is 89.7 Å². The third kappa shape index (κ3) is 2.48. The van der Waals surface area contributed by atoms with Crippen LogP contribution in [0.3, 0.4) is 0 Å². The van der Waals surface area contributed by atoms with Gasteiger partial charge in [0.05, 0.1) is 45.2 Å². The van der Waals surface area contributed by atoms with Gasteiger partial charge in [-0.3, -0.25) is 10.1 Å². The van der Waals surface area contributed by atoms with Crippen LogP contribution in [0.1, 0.15) is 13.3 Å². The van der Waals surface area contributed by atoms with Crippen molar-refractivity contribution in [2.75, 3.05) is 32.9 Å². The topological polar surface area (TPSA) is 50.8 Å². The molecule has 5 nitrogen and oxygen atoms in total. The number of hydrogen-bond acceptors (Lipinski definition) is 4. The minimum absolute atomic E-state index is 0.0386. The van der Waals surface area contributed by atoms with Crippen molar-refractivity contribution in [3.8, 4) is 0 Å². The van der Waals surface area contributed by atoms with E-state index in [9.17, 15) is 4.79 Å². The highest BCUT2D eigenvalue weighted by atomic mass is 16.6. The molecule has 2 aliphatic heterocycles. The summed E-state index contributed by atoms with van der Waals surface area (Å²) >= 11 is 0. The number of hydrogen-bond donors (Lipinski definition) is 1. The van der Waals surface area contributed by atoms with Gasteiger partial charge in [-0.25, -0.2) is 0 Å². The van der Waals surface area contributed by atoms with Crippen LogP contribution in [0.5, 0.6) is 0 Å². The Balaban J connectivity index is 1.88. The molecule has 0 aromatic rings. The van der Waals surface area contributed by atoms with Gasteiger partial charge in [-0.2, -0.15) is 0 Å². The molecule has 0 bridgehead atoms. The van der Waals surface area contributed by atoms with E-state index < -0.39 is 0 Å². The first-order chi connectivity index (χ1) is 7.31. The Morgan fingerprint density at radius 1 is 1.53 bits per heavy atom. The summed E-state index contributed by atoms with van der Waals surface area (Å²) in [5, 5.41) is 3.18. The SMILES string of the molecule is CCC1NCC(=O)N1CC1COCCO1. The number of carbonyl (C=O) groups is 1. The quantitative estimate of drug-likeness (QED) is 0.692. The van der Waals surface area contributed by atoms with Crippen molar-refractivity contribution in [1.29, 1.82) is 0 Å². The van der Waals surface area contributed by atoms with Crippen molar-refractivity contribution in [1.82, 2.24) is 10.2 Å². The lowest BCUT2D eigenvalue weighted by molar-refractivity contribution is -0.135. The van der Waals surface area contributed by atoms with E-state index in [1.807, 2.05) is 4.90 Å². The standard InChI is InChI=1S/C10H18N2O3/c1-2-9-11-5-10(13)12(9)6-8-7-14-3-4-15-8/h8-9,11H,2-7H2,1H3. The zero-order valence-corrected chi connectivity index (χ0v) is 9.07. The van der Waals surface area contributed by atoms with Gasteiger partial charge < -0.3 is 14.4 Å². The Bertz CT molecular complexity index is 229. The summed E-state index contributed by atoms with van der Waals surface area (Å²) in [7, 11) is 0. The summed E-state index contributed by atoms with van der Waals surface area (Å²) in [5.74, 6) is 0.163. The molecule has 2 atom stereocenters. The van der Waals surface area contributed by atoms with Crippen molar-refractivity contribution >= 4 is 5.91 Å². The highest BCUT2D eigenvalue weighted by molar-refractivity contribution is 5.80. The fourth-order valence-corrected chi connectivity index (χ4v) is 2.05. The molecule has 0 saturated carbocycles. The predicted molar refractivity (Wildman–Crippen MR) is 54.4 cm³/mol. The number of ether oxygens (including phenoxy) is 2. The molecule has 1 N–H and O–H groups in total. The van der Waals surface area contributed by atoms with Gasteiger partial charge in [-0.15, -0.1) is 0 Å². The molecule has 2 heterocycles. The van der Waals surface area contributed by atoms with Gasteiger partial charge in [0.1, 0.15) is 0 Å². The van der Waals surface area contributed by atoms with E-state index in [2.05, 4.69) is 12.2 Å². The molecule has 0 radical (unpaired) electrons. The van der Waals surface area contributed by atoms with E-state index in [0.29, 0.717) is 32.9 Å². The maximum Gasteiger partial charge on any atom is 0.237 e. The summed E-state index contributed by atoms with van der Waals surface area (Å²) in [6.45, 7) is 5.06. The molecule has 1 amide bonds. The minimum atomic E-state index is 0.0386. The molecular formula is C10H18N2O3. The average Bonchev–Trinajstić information content (AvgIpc) is 2.62. The Hall–Kier alpha value is -0.650. The first kappa shape index (κ1) is 10.9. The second-order valence-corrected chi connectivity index (χ2v) is 3.92. The first-order valence-electron chi connectivity index (χ1n) is 5.53. The average molecular weight is 214 g/mol. The van der Waals surface area contributed by atoms with Crippen molar-refractivity contribution < 1.29 is 14.3 Å². The number of carbonyl (C=O) groups excluding carboxylic acids is 1. The molecule has 0 aliphatic carbocycles. The normalized spacial score (nSPS) is 32.3. The van der Waals surface area contributed by atoms with Crippen molar-refractivity contribution in [2.24, 2.45) is 0 Å². The fraction of sp³-hybridized carbons (Fsp3) is 0.900. The molecular weight excluding hydrogens is 196 g/mol. The molecule has 2 fully saturated rings. The van der Waals surface area contributed by atoms with E-state index in [0.717, 1.165) is 6.42 Å². The lowest BCUT2D eigenvalue weighted by atomic mass is 10.3. The van der Waals surface area contributed by atoms with Gasteiger partial charge in [0.15, 0.2) is 0 Å². The van der Waals surface area contributed by atoms with Gasteiger partial charge in [-0.05, 0) is 6.42 Å². The molecule has 86 valence electrons. The Kier molecular flexibility index (Phi) is 3.56.